The third-order valence-corrected chi connectivity index (χ3v) is 6.99. The van der Waals surface area contributed by atoms with Crippen LogP contribution in [0.3, 0.4) is 0 Å². The predicted octanol–water partition coefficient (Wildman–Crippen LogP) is 5.61. The highest BCUT2D eigenvalue weighted by molar-refractivity contribution is 7.80. The Kier molecular flexibility index (Phi) is 4.19. The van der Waals surface area contributed by atoms with Crippen LogP contribution in [-0.4, -0.2) is 16.3 Å². The van der Waals surface area contributed by atoms with E-state index in [1.54, 1.807) is 6.07 Å². The molecule has 0 bridgehead atoms. The van der Waals surface area contributed by atoms with Crippen molar-refractivity contribution >= 4 is 34.3 Å². The number of hydrogen-bond acceptors (Lipinski definition) is 3. The Morgan fingerprint density at radius 1 is 1.13 bits per heavy atom. The summed E-state index contributed by atoms with van der Waals surface area (Å²) in [5.41, 5.74) is 1.17. The fourth-order valence-corrected chi connectivity index (χ4v) is 5.33. The fraction of sp³-hybridized carbons (Fsp3) is 0.292. The number of ketones is 1. The molecule has 5 rings (SSSR count). The third-order valence-electron chi connectivity index (χ3n) is 6.58. The molecule has 3 aliphatic rings. The van der Waals surface area contributed by atoms with Crippen molar-refractivity contribution in [2.45, 2.75) is 37.9 Å². The number of nitriles is 1. The maximum absolute atomic E-state index is 13.5. The molecule has 7 heteroatoms. The summed E-state index contributed by atoms with van der Waals surface area (Å²) in [5, 5.41) is 9.06. The second kappa shape index (κ2) is 6.51. The van der Waals surface area contributed by atoms with Gasteiger partial charge >= 0.3 is 6.18 Å². The summed E-state index contributed by atoms with van der Waals surface area (Å²) in [6, 6.07) is 13.0. The van der Waals surface area contributed by atoms with Gasteiger partial charge in [-0.25, -0.2) is 0 Å². The lowest BCUT2D eigenvalue weighted by Crippen LogP contribution is -2.64. The number of anilines is 1. The number of benzene rings is 2. The van der Waals surface area contributed by atoms with E-state index in [1.807, 2.05) is 36.1 Å². The van der Waals surface area contributed by atoms with Crippen molar-refractivity contribution < 1.29 is 18.0 Å². The number of halogens is 3. The highest BCUT2D eigenvalue weighted by atomic mass is 32.1. The van der Waals surface area contributed by atoms with Crippen LogP contribution in [0.2, 0.25) is 0 Å². The molecule has 2 aromatic rings. The molecule has 0 amide bonds. The molecule has 1 heterocycles. The Labute approximate surface area is 182 Å². The zero-order valence-corrected chi connectivity index (χ0v) is 17.4. The number of thiocarbonyl (C=S) groups is 1. The summed E-state index contributed by atoms with van der Waals surface area (Å²) < 4.78 is 40.4. The van der Waals surface area contributed by atoms with Crippen LogP contribution < -0.4 is 4.90 Å². The molecule has 0 radical (unpaired) electrons. The topological polar surface area (TPSA) is 44.1 Å². The van der Waals surface area contributed by atoms with Gasteiger partial charge in [0, 0.05) is 11.3 Å². The Bertz CT molecular complexity index is 1220. The second-order valence-electron chi connectivity index (χ2n) is 8.35. The smallest absolute Gasteiger partial charge is 0.322 e. The maximum atomic E-state index is 13.5. The van der Waals surface area contributed by atoms with Gasteiger partial charge in [0.15, 0.2) is 5.78 Å². The lowest BCUT2D eigenvalue weighted by atomic mass is 9.69. The SMILES string of the molecule is Cc1ccc(N2C(=S)C3C(=C3c3ccc(C#N)c(C(F)(F)F)c3)C(=O)C23CCC3)cc1. The van der Waals surface area contributed by atoms with Gasteiger partial charge in [0.1, 0.15) is 5.54 Å². The first-order valence-corrected chi connectivity index (χ1v) is 10.4. The van der Waals surface area contributed by atoms with Crippen LogP contribution in [0.1, 0.15) is 41.5 Å². The molecule has 31 heavy (non-hydrogen) atoms. The first-order valence-electron chi connectivity index (χ1n) is 10.0. The molecule has 1 saturated heterocycles. The van der Waals surface area contributed by atoms with Gasteiger partial charge in [-0.1, -0.05) is 36.0 Å². The third kappa shape index (κ3) is 2.78. The predicted molar refractivity (Wildman–Crippen MR) is 114 cm³/mol. The highest BCUT2D eigenvalue weighted by Crippen LogP contribution is 2.59. The molecule has 3 nitrogen and oxygen atoms in total. The van der Waals surface area contributed by atoms with Gasteiger partial charge in [-0.2, -0.15) is 18.4 Å². The summed E-state index contributed by atoms with van der Waals surface area (Å²) in [6.07, 6.45) is -2.41. The van der Waals surface area contributed by atoms with E-state index in [0.29, 0.717) is 34.5 Å². The van der Waals surface area contributed by atoms with Gasteiger partial charge in [-0.05, 0) is 61.6 Å². The van der Waals surface area contributed by atoms with Crippen molar-refractivity contribution in [1.29, 1.82) is 5.26 Å². The molecule has 1 aliphatic heterocycles. The Balaban J connectivity index is 1.60. The molecule has 156 valence electrons. The molecule has 0 aromatic heterocycles. The molecular weight excluding hydrogens is 421 g/mol. The van der Waals surface area contributed by atoms with Crippen LogP contribution in [0.15, 0.2) is 48.0 Å². The van der Waals surface area contributed by atoms with Crippen LogP contribution in [0, 0.1) is 24.2 Å². The molecular formula is C24H17F3N2OS. The van der Waals surface area contributed by atoms with Crippen LogP contribution in [-0.2, 0) is 11.0 Å². The lowest BCUT2D eigenvalue weighted by Gasteiger charge is -2.52. The van der Waals surface area contributed by atoms with E-state index >= 15 is 0 Å². The first-order chi connectivity index (χ1) is 14.7. The van der Waals surface area contributed by atoms with E-state index < -0.39 is 28.8 Å². The number of fused-ring (bicyclic) bond motifs is 1. The van der Waals surface area contributed by atoms with Crippen LogP contribution in [0.5, 0.6) is 0 Å². The second-order valence-corrected chi connectivity index (χ2v) is 8.77. The van der Waals surface area contributed by atoms with Crippen molar-refractivity contribution in [2.75, 3.05) is 4.90 Å². The molecule has 1 spiro atoms. The molecule has 1 atom stereocenters. The standard InChI is InChI=1S/C24H17F3N2OS/c1-13-3-7-16(8-4-13)29-22(31)20-18(19(20)21(30)23(29)9-2-10-23)14-5-6-15(12-28)17(11-14)24(25,26)27/h3-8,11,20H,2,9-10H2,1H3. The molecule has 0 N–H and O–H groups in total. The van der Waals surface area contributed by atoms with Gasteiger partial charge in [0.05, 0.1) is 28.1 Å². The Hall–Kier alpha value is -2.98. The van der Waals surface area contributed by atoms with Gasteiger partial charge in [-0.15, -0.1) is 0 Å². The van der Waals surface area contributed by atoms with Crippen molar-refractivity contribution in [3.05, 3.63) is 70.3 Å². The van der Waals surface area contributed by atoms with Crippen molar-refractivity contribution in [3.8, 4) is 6.07 Å². The molecule has 1 unspecified atom stereocenters. The minimum absolute atomic E-state index is 0.0363. The highest BCUT2D eigenvalue weighted by Gasteiger charge is 2.63. The number of hydrogen-bond donors (Lipinski definition) is 0. The zero-order chi connectivity index (χ0) is 22.1. The quantitative estimate of drug-likeness (QED) is 0.572. The number of piperidine rings is 1. The Morgan fingerprint density at radius 3 is 2.35 bits per heavy atom. The van der Waals surface area contributed by atoms with E-state index in [4.69, 9.17) is 17.5 Å². The number of carbonyl (C=O) groups excluding carboxylic acids is 1. The maximum Gasteiger partial charge on any atom is 0.417 e. The first kappa shape index (κ1) is 20.0. The van der Waals surface area contributed by atoms with E-state index in [9.17, 15) is 18.0 Å². The van der Waals surface area contributed by atoms with Gasteiger partial charge in [-0.3, -0.25) is 4.79 Å². The minimum atomic E-state index is -4.65. The van der Waals surface area contributed by atoms with E-state index in [2.05, 4.69) is 0 Å². The van der Waals surface area contributed by atoms with Crippen molar-refractivity contribution in [3.63, 3.8) is 0 Å². The number of carbonyl (C=O) groups is 1. The fourth-order valence-electron chi connectivity index (χ4n) is 4.81. The number of Topliss-reactive ketones (excluding diaryl/α,β-unsaturated/α-hetero) is 1. The molecule has 2 aliphatic carbocycles. The van der Waals surface area contributed by atoms with E-state index in [1.165, 1.54) is 12.1 Å². The Morgan fingerprint density at radius 2 is 1.81 bits per heavy atom. The summed E-state index contributed by atoms with van der Waals surface area (Å²) in [6.45, 7) is 1.98. The van der Waals surface area contributed by atoms with Crippen LogP contribution in [0.25, 0.3) is 5.57 Å². The number of nitrogens with zero attached hydrogens (tertiary/aromatic N) is 2. The molecule has 2 aromatic carbocycles. The van der Waals surface area contributed by atoms with Gasteiger partial charge in [0.2, 0.25) is 0 Å². The summed E-state index contributed by atoms with van der Waals surface area (Å²) in [5.74, 6) is -0.491. The number of aryl methyl sites for hydroxylation is 1. The average Bonchev–Trinajstić information content (AvgIpc) is 3.45. The lowest BCUT2D eigenvalue weighted by molar-refractivity contribution is -0.137. The largest absolute Gasteiger partial charge is 0.417 e. The van der Waals surface area contributed by atoms with Gasteiger partial charge in [0.25, 0.3) is 0 Å². The van der Waals surface area contributed by atoms with E-state index in [0.717, 1.165) is 23.7 Å². The van der Waals surface area contributed by atoms with Gasteiger partial charge < -0.3 is 4.90 Å². The summed E-state index contributed by atoms with van der Waals surface area (Å²) in [7, 11) is 0. The monoisotopic (exact) mass is 438 g/mol. The van der Waals surface area contributed by atoms with Crippen LogP contribution in [0.4, 0.5) is 18.9 Å². The molecule has 2 fully saturated rings. The van der Waals surface area contributed by atoms with E-state index in [-0.39, 0.29) is 5.78 Å². The van der Waals surface area contributed by atoms with Crippen molar-refractivity contribution in [2.24, 2.45) is 5.92 Å². The number of alkyl halides is 3. The zero-order valence-electron chi connectivity index (χ0n) is 16.6. The summed E-state index contributed by atoms with van der Waals surface area (Å²) >= 11 is 5.80. The summed E-state index contributed by atoms with van der Waals surface area (Å²) in [4.78, 5) is 16.0. The normalized spacial score (nSPS) is 21.6. The number of rotatable bonds is 2. The molecule has 1 saturated carbocycles. The minimum Gasteiger partial charge on any atom is -0.322 e. The average molecular weight is 438 g/mol. The van der Waals surface area contributed by atoms with Crippen molar-refractivity contribution in [1.82, 2.24) is 0 Å². The van der Waals surface area contributed by atoms with Crippen LogP contribution >= 0.6 is 12.2 Å².